The van der Waals surface area contributed by atoms with Crippen LogP contribution in [-0.4, -0.2) is 37.2 Å². The molecule has 0 bridgehead atoms. The van der Waals surface area contributed by atoms with Crippen molar-refractivity contribution in [2.45, 2.75) is 374 Å². The van der Waals surface area contributed by atoms with Gasteiger partial charge in [-0.25, -0.2) is 0 Å². The van der Waals surface area contributed by atoms with E-state index in [2.05, 4.69) is 45.1 Å². The van der Waals surface area contributed by atoms with Gasteiger partial charge in [0.15, 0.2) is 6.10 Å². The molecule has 0 fully saturated rings. The fraction of sp³-hybridized carbons (Fsp3) is 0.896. The van der Waals surface area contributed by atoms with Crippen LogP contribution < -0.4 is 0 Å². The van der Waals surface area contributed by atoms with Crippen LogP contribution in [0.4, 0.5) is 0 Å². The van der Waals surface area contributed by atoms with Crippen LogP contribution in [0.3, 0.4) is 0 Å². The third-order valence-corrected chi connectivity index (χ3v) is 14.9. The molecule has 0 rings (SSSR count). The molecule has 0 saturated heterocycles. The third-order valence-electron chi connectivity index (χ3n) is 14.9. The van der Waals surface area contributed by atoms with Gasteiger partial charge in [-0.1, -0.05) is 328 Å². The van der Waals surface area contributed by atoms with Crippen molar-refractivity contribution in [3.8, 4) is 0 Å². The van der Waals surface area contributed by atoms with Crippen LogP contribution in [0.5, 0.6) is 0 Å². The van der Waals surface area contributed by atoms with Gasteiger partial charge in [0.25, 0.3) is 0 Å². The summed E-state index contributed by atoms with van der Waals surface area (Å²) in [6.45, 7) is 6.60. The average Bonchev–Trinajstić information content (AvgIpc) is 3.39. The maximum absolute atomic E-state index is 12.8. The van der Waals surface area contributed by atoms with Crippen molar-refractivity contribution < 1.29 is 28.6 Å². The predicted molar refractivity (Wildman–Crippen MR) is 316 cm³/mol. The molecule has 6 heteroatoms. The minimum atomic E-state index is -0.773. The smallest absolute Gasteiger partial charge is 0.306 e. The lowest BCUT2D eigenvalue weighted by Crippen LogP contribution is -2.30. The summed E-state index contributed by atoms with van der Waals surface area (Å²) in [5.41, 5.74) is 0. The quantitative estimate of drug-likeness (QED) is 0.0261. The van der Waals surface area contributed by atoms with E-state index in [9.17, 15) is 14.4 Å². The van der Waals surface area contributed by atoms with E-state index in [4.69, 9.17) is 14.2 Å². The molecule has 0 aliphatic rings. The Hall–Kier alpha value is -2.11. The van der Waals surface area contributed by atoms with E-state index >= 15 is 0 Å². The van der Waals surface area contributed by atoms with Gasteiger partial charge in [0, 0.05) is 19.3 Å². The Morgan fingerprint density at radius 3 is 0.808 bits per heavy atom. The van der Waals surface area contributed by atoms with Crippen LogP contribution in [0.1, 0.15) is 367 Å². The van der Waals surface area contributed by atoms with E-state index in [0.717, 1.165) is 89.9 Å². The SMILES string of the molecule is CCC/C=C\C/C=C\CCCCCCCC(=O)OC(COC(=O)CCCCCCCCCCC)COC(=O)CCCCCCCCCCCCCCCCCCCCCCCCCCCCCCCCCCC. The summed E-state index contributed by atoms with van der Waals surface area (Å²) in [6, 6.07) is 0. The van der Waals surface area contributed by atoms with Gasteiger partial charge in [-0.15, -0.1) is 0 Å². The predicted octanol–water partition coefficient (Wildman–Crippen LogP) is 22.2. The highest BCUT2D eigenvalue weighted by atomic mass is 16.6. The summed E-state index contributed by atoms with van der Waals surface area (Å²) < 4.78 is 16.8. The first-order valence-corrected chi connectivity index (χ1v) is 32.8. The van der Waals surface area contributed by atoms with Crippen molar-refractivity contribution in [3.63, 3.8) is 0 Å². The summed E-state index contributed by atoms with van der Waals surface area (Å²) in [5, 5.41) is 0. The number of unbranched alkanes of at least 4 members (excludes halogenated alkanes) is 46. The van der Waals surface area contributed by atoms with Gasteiger partial charge in [-0.05, 0) is 44.9 Å². The van der Waals surface area contributed by atoms with Crippen LogP contribution in [-0.2, 0) is 28.6 Å². The van der Waals surface area contributed by atoms with E-state index in [1.807, 2.05) is 0 Å². The molecule has 0 N–H and O–H groups in total. The summed E-state index contributed by atoms with van der Waals surface area (Å²) in [4.78, 5) is 38.0. The minimum absolute atomic E-state index is 0.0720. The van der Waals surface area contributed by atoms with Gasteiger partial charge in [0.2, 0.25) is 0 Å². The topological polar surface area (TPSA) is 78.9 Å². The largest absolute Gasteiger partial charge is 0.462 e. The second-order valence-electron chi connectivity index (χ2n) is 22.4. The van der Waals surface area contributed by atoms with Crippen LogP contribution in [0.15, 0.2) is 24.3 Å². The standard InChI is InChI=1S/C67H126O6/c1-4-7-10-13-16-19-21-23-24-25-26-27-28-29-30-31-32-33-34-35-36-37-38-39-40-41-42-44-45-48-51-54-57-60-66(69)72-63-64(62-71-65(68)59-56-53-50-47-18-15-12-9-6-3)73-67(70)61-58-55-52-49-46-43-22-20-17-14-11-8-5-2/h11,14,20,22,64H,4-10,12-13,15-19,21,23-63H2,1-3H3/b14-11-,22-20-. The van der Waals surface area contributed by atoms with Crippen molar-refractivity contribution in [1.29, 1.82) is 0 Å². The molecule has 430 valence electrons. The molecule has 0 radical (unpaired) electrons. The second kappa shape index (κ2) is 62.4. The van der Waals surface area contributed by atoms with Crippen LogP contribution in [0, 0.1) is 0 Å². The lowest BCUT2D eigenvalue weighted by atomic mass is 10.0. The Bertz CT molecular complexity index is 1180. The van der Waals surface area contributed by atoms with Gasteiger partial charge >= 0.3 is 17.9 Å². The Morgan fingerprint density at radius 1 is 0.274 bits per heavy atom. The number of hydrogen-bond donors (Lipinski definition) is 0. The molecule has 0 aromatic rings. The first kappa shape index (κ1) is 70.9. The molecule has 0 spiro atoms. The second-order valence-corrected chi connectivity index (χ2v) is 22.4. The fourth-order valence-corrected chi connectivity index (χ4v) is 10.0. The summed E-state index contributed by atoms with van der Waals surface area (Å²) in [7, 11) is 0. The molecule has 0 aromatic carbocycles. The molecule has 73 heavy (non-hydrogen) atoms. The first-order chi connectivity index (χ1) is 36.0. The van der Waals surface area contributed by atoms with E-state index in [1.54, 1.807) is 0 Å². The van der Waals surface area contributed by atoms with E-state index < -0.39 is 6.10 Å². The van der Waals surface area contributed by atoms with Gasteiger partial charge in [0.05, 0.1) is 0 Å². The zero-order valence-corrected chi connectivity index (χ0v) is 49.4. The highest BCUT2D eigenvalue weighted by Gasteiger charge is 2.19. The molecule has 6 nitrogen and oxygen atoms in total. The highest BCUT2D eigenvalue weighted by molar-refractivity contribution is 5.71. The number of carbonyl (C=O) groups is 3. The van der Waals surface area contributed by atoms with E-state index in [0.29, 0.717) is 19.3 Å². The van der Waals surface area contributed by atoms with Crippen LogP contribution in [0.2, 0.25) is 0 Å². The normalized spacial score (nSPS) is 12.1. The number of esters is 3. The molecule has 0 amide bonds. The van der Waals surface area contributed by atoms with Gasteiger partial charge in [0.1, 0.15) is 13.2 Å². The number of hydrogen-bond acceptors (Lipinski definition) is 6. The molecule has 0 aromatic heterocycles. The van der Waals surface area contributed by atoms with Crippen LogP contribution in [0.25, 0.3) is 0 Å². The maximum atomic E-state index is 12.8. The summed E-state index contributed by atoms with van der Waals surface area (Å²) >= 11 is 0. The molecular weight excluding hydrogens is 901 g/mol. The van der Waals surface area contributed by atoms with Crippen molar-refractivity contribution in [1.82, 2.24) is 0 Å². The summed E-state index contributed by atoms with van der Waals surface area (Å²) in [6.07, 6.45) is 75.2. The Balaban J connectivity index is 3.95. The lowest BCUT2D eigenvalue weighted by Gasteiger charge is -2.18. The molecule has 1 unspecified atom stereocenters. The van der Waals surface area contributed by atoms with Crippen molar-refractivity contribution in [3.05, 3.63) is 24.3 Å². The van der Waals surface area contributed by atoms with E-state index in [-0.39, 0.29) is 31.1 Å². The number of carbonyl (C=O) groups excluding carboxylic acids is 3. The zero-order chi connectivity index (χ0) is 52.9. The maximum Gasteiger partial charge on any atom is 0.306 e. The number of allylic oxidation sites excluding steroid dienone is 4. The number of rotatable bonds is 61. The molecule has 1 atom stereocenters. The number of ether oxygens (including phenoxy) is 3. The third kappa shape index (κ3) is 60.6. The summed E-state index contributed by atoms with van der Waals surface area (Å²) in [5.74, 6) is -0.869. The van der Waals surface area contributed by atoms with Gasteiger partial charge in [-0.3, -0.25) is 14.4 Å². The Labute approximate surface area is 455 Å². The van der Waals surface area contributed by atoms with Crippen molar-refractivity contribution in [2.75, 3.05) is 13.2 Å². The first-order valence-electron chi connectivity index (χ1n) is 32.8. The molecular formula is C67H126O6. The van der Waals surface area contributed by atoms with Crippen molar-refractivity contribution in [2.24, 2.45) is 0 Å². The zero-order valence-electron chi connectivity index (χ0n) is 49.4. The molecule has 0 aliphatic heterocycles. The lowest BCUT2D eigenvalue weighted by molar-refractivity contribution is -0.167. The molecule has 0 saturated carbocycles. The van der Waals surface area contributed by atoms with Gasteiger partial charge in [-0.2, -0.15) is 0 Å². The Kier molecular flexibility index (Phi) is 60.6. The molecule has 0 aliphatic carbocycles. The monoisotopic (exact) mass is 1030 g/mol. The van der Waals surface area contributed by atoms with E-state index in [1.165, 1.54) is 238 Å². The van der Waals surface area contributed by atoms with Gasteiger partial charge < -0.3 is 14.2 Å². The average molecular weight is 1030 g/mol. The minimum Gasteiger partial charge on any atom is -0.462 e. The Morgan fingerprint density at radius 2 is 0.521 bits per heavy atom. The van der Waals surface area contributed by atoms with Crippen LogP contribution >= 0.6 is 0 Å². The van der Waals surface area contributed by atoms with Crippen molar-refractivity contribution >= 4 is 17.9 Å². The fourth-order valence-electron chi connectivity index (χ4n) is 10.0. The molecule has 0 heterocycles. The highest BCUT2D eigenvalue weighted by Crippen LogP contribution is 2.18.